The molecule has 30 heavy (non-hydrogen) atoms. The van der Waals surface area contributed by atoms with Gasteiger partial charge in [-0.15, -0.1) is 11.3 Å². The topological polar surface area (TPSA) is 101 Å². The van der Waals surface area contributed by atoms with Crippen LogP contribution in [0, 0.1) is 0 Å². The predicted octanol–water partition coefficient (Wildman–Crippen LogP) is 5.48. The van der Waals surface area contributed by atoms with Gasteiger partial charge in [0.25, 0.3) is 0 Å². The summed E-state index contributed by atoms with van der Waals surface area (Å²) in [5.41, 5.74) is 1.50. The van der Waals surface area contributed by atoms with Crippen molar-refractivity contribution in [3.63, 3.8) is 0 Å². The third-order valence-corrected chi connectivity index (χ3v) is 5.29. The minimum atomic E-state index is -1.01. The highest BCUT2D eigenvalue weighted by Crippen LogP contribution is 2.39. The van der Waals surface area contributed by atoms with Gasteiger partial charge >= 0.3 is 12.1 Å². The van der Waals surface area contributed by atoms with Gasteiger partial charge in [0, 0.05) is 11.8 Å². The number of nitrogens with one attached hydrogen (secondary N) is 1. The highest BCUT2D eigenvalue weighted by molar-refractivity contribution is 7.15. The number of hydrogen-bond acceptors (Lipinski definition) is 6. The number of amides is 1. The first-order chi connectivity index (χ1) is 14.2. The Labute approximate surface area is 178 Å². The van der Waals surface area contributed by atoms with E-state index in [4.69, 9.17) is 4.74 Å². The van der Waals surface area contributed by atoms with E-state index < -0.39 is 17.7 Å². The second kappa shape index (κ2) is 8.62. The summed E-state index contributed by atoms with van der Waals surface area (Å²) in [6.45, 7) is 7.35. The second-order valence-corrected chi connectivity index (χ2v) is 8.63. The van der Waals surface area contributed by atoms with Gasteiger partial charge in [-0.2, -0.15) is 0 Å². The molecule has 0 aliphatic carbocycles. The lowest BCUT2D eigenvalue weighted by molar-refractivity contribution is 0.0633. The molecule has 2 aromatic heterocycles. The van der Waals surface area contributed by atoms with E-state index in [0.717, 1.165) is 21.9 Å². The molecule has 2 N–H and O–H groups in total. The van der Waals surface area contributed by atoms with Gasteiger partial charge in [0.2, 0.25) is 0 Å². The number of thiazole rings is 1. The fourth-order valence-corrected chi connectivity index (χ4v) is 3.83. The van der Waals surface area contributed by atoms with Crippen molar-refractivity contribution in [3.05, 3.63) is 53.2 Å². The Morgan fingerprint density at radius 3 is 2.60 bits per heavy atom. The lowest BCUT2D eigenvalue weighted by Gasteiger charge is -2.19. The summed E-state index contributed by atoms with van der Waals surface area (Å²) in [6, 6.07) is 10.3. The van der Waals surface area contributed by atoms with Crippen LogP contribution in [0.1, 0.15) is 43.1 Å². The highest BCUT2D eigenvalue weighted by atomic mass is 32.1. The highest BCUT2D eigenvalue weighted by Gasteiger charge is 2.21. The first kappa shape index (κ1) is 21.4. The van der Waals surface area contributed by atoms with Crippen LogP contribution >= 0.6 is 11.3 Å². The quantitative estimate of drug-likeness (QED) is 0.561. The largest absolute Gasteiger partial charge is 0.478 e. The van der Waals surface area contributed by atoms with E-state index in [2.05, 4.69) is 15.3 Å². The summed E-state index contributed by atoms with van der Waals surface area (Å²) in [5.74, 6) is -0.671. The number of aromatic nitrogens is 2. The van der Waals surface area contributed by atoms with E-state index in [1.165, 1.54) is 11.3 Å². The summed E-state index contributed by atoms with van der Waals surface area (Å²) in [5, 5.41) is 13.1. The fourth-order valence-electron chi connectivity index (χ4n) is 2.82. The Morgan fingerprint density at radius 1 is 1.20 bits per heavy atom. The number of rotatable bonds is 5. The number of aromatic carboxylic acids is 1. The van der Waals surface area contributed by atoms with Gasteiger partial charge in [-0.05, 0) is 51.0 Å². The molecule has 8 heteroatoms. The zero-order valence-electron chi connectivity index (χ0n) is 17.2. The van der Waals surface area contributed by atoms with E-state index in [1.807, 2.05) is 6.92 Å². The summed E-state index contributed by atoms with van der Waals surface area (Å²) < 4.78 is 5.28. The summed E-state index contributed by atoms with van der Waals surface area (Å²) in [7, 11) is 0. The molecule has 3 rings (SSSR count). The Balaban J connectivity index is 2.03. The number of hydrogen-bond donors (Lipinski definition) is 2. The average molecular weight is 426 g/mol. The van der Waals surface area contributed by atoms with Crippen molar-refractivity contribution >= 4 is 29.2 Å². The van der Waals surface area contributed by atoms with Crippen molar-refractivity contribution in [2.75, 3.05) is 5.32 Å². The molecule has 1 amide bonds. The lowest BCUT2D eigenvalue weighted by Crippen LogP contribution is -2.27. The van der Waals surface area contributed by atoms with E-state index in [0.29, 0.717) is 17.1 Å². The van der Waals surface area contributed by atoms with Crippen LogP contribution in [0.2, 0.25) is 0 Å². The minimum absolute atomic E-state index is 0.188. The average Bonchev–Trinajstić information content (AvgIpc) is 3.11. The Hall–Kier alpha value is -3.26. The smallest absolute Gasteiger partial charge is 0.413 e. The van der Waals surface area contributed by atoms with Gasteiger partial charge in [0.05, 0.1) is 21.1 Å². The van der Waals surface area contributed by atoms with Gasteiger partial charge in [-0.3, -0.25) is 5.32 Å². The number of carboxylic acids is 1. The first-order valence-electron chi connectivity index (χ1n) is 9.46. The van der Waals surface area contributed by atoms with Gasteiger partial charge in [-0.1, -0.05) is 25.1 Å². The number of anilines is 1. The van der Waals surface area contributed by atoms with Crippen LogP contribution in [0.25, 0.3) is 21.7 Å². The molecule has 0 atom stereocenters. The Bertz CT molecular complexity index is 1090. The van der Waals surface area contributed by atoms with Crippen molar-refractivity contribution in [2.45, 2.75) is 39.7 Å². The van der Waals surface area contributed by atoms with E-state index in [-0.39, 0.29) is 5.56 Å². The fraction of sp³-hybridized carbons (Fsp3) is 0.273. The first-order valence-corrected chi connectivity index (χ1v) is 10.3. The number of carbonyl (C=O) groups excluding carboxylic acids is 1. The number of benzene rings is 1. The summed E-state index contributed by atoms with van der Waals surface area (Å²) in [6.07, 6.45) is 1.71. The zero-order valence-corrected chi connectivity index (χ0v) is 18.0. The third-order valence-electron chi connectivity index (χ3n) is 4.04. The van der Waals surface area contributed by atoms with Crippen LogP contribution < -0.4 is 5.32 Å². The number of nitrogens with zero attached hydrogens (tertiary/aromatic N) is 2. The van der Waals surface area contributed by atoms with Gasteiger partial charge in [-0.25, -0.2) is 19.6 Å². The molecular formula is C22H23N3O4S. The molecule has 2 heterocycles. The van der Waals surface area contributed by atoms with Gasteiger partial charge < -0.3 is 9.84 Å². The Morgan fingerprint density at radius 2 is 1.93 bits per heavy atom. The predicted molar refractivity (Wildman–Crippen MR) is 117 cm³/mol. The minimum Gasteiger partial charge on any atom is -0.478 e. The van der Waals surface area contributed by atoms with E-state index in [1.54, 1.807) is 63.4 Å². The van der Waals surface area contributed by atoms with Crippen molar-refractivity contribution in [1.82, 2.24) is 9.97 Å². The SMILES string of the molecule is CCc1nc(-c2ccccc2C(=O)O)c(-c2ccnc(NC(=O)OC(C)(C)C)c2)s1. The molecule has 0 radical (unpaired) electrons. The molecule has 156 valence electrons. The van der Waals surface area contributed by atoms with Gasteiger partial charge in [0.1, 0.15) is 11.4 Å². The molecule has 0 bridgehead atoms. The van der Waals surface area contributed by atoms with Crippen molar-refractivity contribution in [2.24, 2.45) is 0 Å². The van der Waals surface area contributed by atoms with Crippen molar-refractivity contribution in [1.29, 1.82) is 0 Å². The van der Waals surface area contributed by atoms with Crippen molar-refractivity contribution < 1.29 is 19.4 Å². The molecule has 3 aromatic rings. The van der Waals surface area contributed by atoms with E-state index >= 15 is 0 Å². The Kier molecular flexibility index (Phi) is 6.17. The van der Waals surface area contributed by atoms with Crippen LogP contribution in [-0.4, -0.2) is 32.7 Å². The number of carboxylic acid groups (broad SMARTS) is 1. The summed E-state index contributed by atoms with van der Waals surface area (Å²) in [4.78, 5) is 33.5. The molecule has 0 unspecified atom stereocenters. The standard InChI is InChI=1S/C22H23N3O4S/c1-5-17-25-18(14-8-6-7-9-15(14)20(26)27)19(30-17)13-10-11-23-16(12-13)24-21(28)29-22(2,3)4/h6-12H,5H2,1-4H3,(H,26,27)(H,23,24,28). The molecule has 0 saturated carbocycles. The van der Waals surface area contributed by atoms with Crippen LogP contribution in [-0.2, 0) is 11.2 Å². The zero-order chi connectivity index (χ0) is 21.9. The molecular weight excluding hydrogens is 402 g/mol. The number of aryl methyl sites for hydroxylation is 1. The van der Waals surface area contributed by atoms with E-state index in [9.17, 15) is 14.7 Å². The van der Waals surface area contributed by atoms with Crippen molar-refractivity contribution in [3.8, 4) is 21.7 Å². The van der Waals surface area contributed by atoms with Crippen LogP contribution in [0.15, 0.2) is 42.6 Å². The molecule has 0 aliphatic heterocycles. The number of ether oxygens (including phenoxy) is 1. The van der Waals surface area contributed by atoms with Crippen LogP contribution in [0.3, 0.4) is 0 Å². The normalized spacial score (nSPS) is 11.2. The maximum absolute atomic E-state index is 12.1. The number of pyridine rings is 1. The monoisotopic (exact) mass is 425 g/mol. The molecule has 0 saturated heterocycles. The number of carbonyl (C=O) groups is 2. The molecule has 7 nitrogen and oxygen atoms in total. The molecule has 0 aliphatic rings. The van der Waals surface area contributed by atoms with Crippen LogP contribution in [0.5, 0.6) is 0 Å². The maximum atomic E-state index is 12.1. The maximum Gasteiger partial charge on any atom is 0.413 e. The molecule has 1 aromatic carbocycles. The lowest BCUT2D eigenvalue weighted by atomic mass is 10.0. The molecule has 0 spiro atoms. The van der Waals surface area contributed by atoms with Crippen LogP contribution in [0.4, 0.5) is 10.6 Å². The molecule has 0 fully saturated rings. The second-order valence-electron chi connectivity index (χ2n) is 7.55. The summed E-state index contributed by atoms with van der Waals surface area (Å²) >= 11 is 1.49. The van der Waals surface area contributed by atoms with Gasteiger partial charge in [0.15, 0.2) is 0 Å². The third kappa shape index (κ3) is 5.01.